The summed E-state index contributed by atoms with van der Waals surface area (Å²) in [6.07, 6.45) is 0.228. The van der Waals surface area contributed by atoms with E-state index in [1.807, 2.05) is 18.2 Å². The molecule has 5 heteroatoms. The van der Waals surface area contributed by atoms with Gasteiger partial charge in [0.25, 0.3) is 0 Å². The third kappa shape index (κ3) is 3.89. The third-order valence-electron chi connectivity index (χ3n) is 2.96. The van der Waals surface area contributed by atoms with E-state index in [4.69, 9.17) is 21.1 Å². The predicted molar refractivity (Wildman–Crippen MR) is 83.3 cm³/mol. The highest BCUT2D eigenvalue weighted by Crippen LogP contribution is 2.28. The quantitative estimate of drug-likeness (QED) is 0.919. The monoisotopic (exact) mass is 305 g/mol. The Morgan fingerprint density at radius 2 is 1.81 bits per heavy atom. The zero-order valence-corrected chi connectivity index (χ0v) is 12.6. The van der Waals surface area contributed by atoms with Gasteiger partial charge in [0.1, 0.15) is 0 Å². The second-order valence-corrected chi connectivity index (χ2v) is 4.80. The fourth-order valence-corrected chi connectivity index (χ4v) is 2.12. The van der Waals surface area contributed by atoms with Crippen LogP contribution in [0.3, 0.4) is 0 Å². The summed E-state index contributed by atoms with van der Waals surface area (Å²) in [5, 5.41) is 3.29. The minimum atomic E-state index is -0.143. The number of halogens is 1. The van der Waals surface area contributed by atoms with Gasteiger partial charge >= 0.3 is 0 Å². The van der Waals surface area contributed by atoms with Crippen LogP contribution in [0, 0.1) is 0 Å². The zero-order valence-electron chi connectivity index (χ0n) is 11.9. The number of carbonyl (C=O) groups is 1. The Balaban J connectivity index is 2.08. The maximum atomic E-state index is 12.0. The Labute approximate surface area is 128 Å². The van der Waals surface area contributed by atoms with Crippen LogP contribution in [0.15, 0.2) is 42.5 Å². The summed E-state index contributed by atoms with van der Waals surface area (Å²) in [5.41, 5.74) is 1.43. The third-order valence-corrected chi connectivity index (χ3v) is 3.29. The number of carbonyl (C=O) groups excluding carboxylic acids is 1. The average molecular weight is 306 g/mol. The van der Waals surface area contributed by atoms with Crippen molar-refractivity contribution in [2.75, 3.05) is 19.5 Å². The molecule has 0 radical (unpaired) electrons. The summed E-state index contributed by atoms with van der Waals surface area (Å²) in [5.74, 6) is 1.09. The maximum Gasteiger partial charge on any atom is 0.228 e. The topological polar surface area (TPSA) is 47.6 Å². The van der Waals surface area contributed by atoms with Crippen molar-refractivity contribution >= 4 is 23.2 Å². The maximum absolute atomic E-state index is 12.0. The van der Waals surface area contributed by atoms with Crippen molar-refractivity contribution in [2.45, 2.75) is 6.42 Å². The standard InChI is InChI=1S/C16H16ClNO3/c1-20-14-8-7-11(9-15(14)21-2)10-16(19)18-13-6-4-3-5-12(13)17/h3-9H,10H2,1-2H3,(H,18,19). The number of nitrogens with one attached hydrogen (secondary N) is 1. The summed E-state index contributed by atoms with van der Waals surface area (Å²) >= 11 is 6.01. The molecule has 0 bridgehead atoms. The summed E-state index contributed by atoms with van der Waals surface area (Å²) in [4.78, 5) is 12.0. The van der Waals surface area contributed by atoms with Crippen LogP contribution in [-0.2, 0) is 11.2 Å². The summed E-state index contributed by atoms with van der Waals surface area (Å²) in [7, 11) is 3.13. The Kier molecular flexibility index (Phi) is 5.06. The molecule has 110 valence electrons. The predicted octanol–water partition coefficient (Wildman–Crippen LogP) is 3.54. The van der Waals surface area contributed by atoms with Crippen LogP contribution in [0.4, 0.5) is 5.69 Å². The van der Waals surface area contributed by atoms with Crippen LogP contribution < -0.4 is 14.8 Å². The van der Waals surface area contributed by atoms with Gasteiger partial charge in [0.2, 0.25) is 5.91 Å². The van der Waals surface area contributed by atoms with Crippen molar-refractivity contribution < 1.29 is 14.3 Å². The second-order valence-electron chi connectivity index (χ2n) is 4.39. The van der Waals surface area contributed by atoms with E-state index in [9.17, 15) is 4.79 Å². The summed E-state index contributed by atoms with van der Waals surface area (Å²) in [6.45, 7) is 0. The molecule has 0 aliphatic rings. The number of hydrogen-bond acceptors (Lipinski definition) is 3. The minimum absolute atomic E-state index is 0.143. The lowest BCUT2D eigenvalue weighted by atomic mass is 10.1. The summed E-state index contributed by atoms with van der Waals surface area (Å²) in [6, 6.07) is 12.5. The Hall–Kier alpha value is -2.20. The zero-order chi connectivity index (χ0) is 15.2. The molecular weight excluding hydrogens is 290 g/mol. The molecular formula is C16H16ClNO3. The lowest BCUT2D eigenvalue weighted by Gasteiger charge is -2.10. The molecule has 1 N–H and O–H groups in total. The van der Waals surface area contributed by atoms with Gasteiger partial charge in [0.15, 0.2) is 11.5 Å². The van der Waals surface area contributed by atoms with Gasteiger partial charge in [-0.3, -0.25) is 4.79 Å². The van der Waals surface area contributed by atoms with Crippen molar-refractivity contribution in [3.63, 3.8) is 0 Å². The van der Waals surface area contributed by atoms with Crippen LogP contribution in [0.5, 0.6) is 11.5 Å². The number of anilines is 1. The fraction of sp³-hybridized carbons (Fsp3) is 0.188. The lowest BCUT2D eigenvalue weighted by Crippen LogP contribution is -2.14. The van der Waals surface area contributed by atoms with Gasteiger partial charge in [-0.25, -0.2) is 0 Å². The molecule has 2 rings (SSSR count). The first-order chi connectivity index (χ1) is 10.1. The van der Waals surface area contributed by atoms with Gasteiger partial charge < -0.3 is 14.8 Å². The number of methoxy groups -OCH3 is 2. The highest BCUT2D eigenvalue weighted by atomic mass is 35.5. The molecule has 0 aromatic heterocycles. The van der Waals surface area contributed by atoms with Crippen LogP contribution in [0.1, 0.15) is 5.56 Å². The Bertz CT molecular complexity index is 643. The number of para-hydroxylation sites is 1. The van der Waals surface area contributed by atoms with Crippen molar-refractivity contribution in [1.82, 2.24) is 0 Å². The number of benzene rings is 2. The average Bonchev–Trinajstić information content (AvgIpc) is 2.49. The van der Waals surface area contributed by atoms with Crippen LogP contribution in [0.25, 0.3) is 0 Å². The SMILES string of the molecule is COc1ccc(CC(=O)Nc2ccccc2Cl)cc1OC. The van der Waals surface area contributed by atoms with Gasteiger partial charge in [-0.15, -0.1) is 0 Å². The molecule has 0 saturated carbocycles. The molecule has 21 heavy (non-hydrogen) atoms. The molecule has 0 heterocycles. The second kappa shape index (κ2) is 6.99. The van der Waals surface area contributed by atoms with Crippen molar-refractivity contribution in [2.24, 2.45) is 0 Å². The van der Waals surface area contributed by atoms with E-state index in [0.29, 0.717) is 22.2 Å². The van der Waals surface area contributed by atoms with Gasteiger partial charge in [-0.1, -0.05) is 29.8 Å². The molecule has 1 amide bonds. The number of amides is 1. The van der Waals surface area contributed by atoms with Gasteiger partial charge in [0.05, 0.1) is 31.4 Å². The lowest BCUT2D eigenvalue weighted by molar-refractivity contribution is -0.115. The number of rotatable bonds is 5. The molecule has 0 saturated heterocycles. The van der Waals surface area contributed by atoms with Crippen LogP contribution in [0.2, 0.25) is 5.02 Å². The number of ether oxygens (including phenoxy) is 2. The van der Waals surface area contributed by atoms with Crippen molar-refractivity contribution in [3.8, 4) is 11.5 Å². The van der Waals surface area contributed by atoms with Gasteiger partial charge in [-0.2, -0.15) is 0 Å². The van der Waals surface area contributed by atoms with E-state index in [1.54, 1.807) is 38.5 Å². The molecule has 0 spiro atoms. The first-order valence-corrected chi connectivity index (χ1v) is 6.77. The van der Waals surface area contributed by atoms with Crippen LogP contribution >= 0.6 is 11.6 Å². The van der Waals surface area contributed by atoms with Crippen molar-refractivity contribution in [3.05, 3.63) is 53.1 Å². The highest BCUT2D eigenvalue weighted by molar-refractivity contribution is 6.33. The largest absolute Gasteiger partial charge is 0.493 e. The molecule has 2 aromatic carbocycles. The van der Waals surface area contributed by atoms with Gasteiger partial charge in [-0.05, 0) is 29.8 Å². The van der Waals surface area contributed by atoms with E-state index in [0.717, 1.165) is 5.56 Å². The van der Waals surface area contributed by atoms with Gasteiger partial charge in [0, 0.05) is 0 Å². The minimum Gasteiger partial charge on any atom is -0.493 e. The fourth-order valence-electron chi connectivity index (χ4n) is 1.93. The number of hydrogen-bond donors (Lipinski definition) is 1. The van der Waals surface area contributed by atoms with E-state index >= 15 is 0 Å². The highest BCUT2D eigenvalue weighted by Gasteiger charge is 2.09. The molecule has 0 aliphatic carbocycles. The van der Waals surface area contributed by atoms with Crippen molar-refractivity contribution in [1.29, 1.82) is 0 Å². The first-order valence-electron chi connectivity index (χ1n) is 6.39. The Morgan fingerprint density at radius 1 is 1.10 bits per heavy atom. The van der Waals surface area contributed by atoms with Crippen LogP contribution in [-0.4, -0.2) is 20.1 Å². The van der Waals surface area contributed by atoms with E-state index < -0.39 is 0 Å². The summed E-state index contributed by atoms with van der Waals surface area (Å²) < 4.78 is 10.4. The smallest absolute Gasteiger partial charge is 0.228 e. The molecule has 0 unspecified atom stereocenters. The molecule has 0 fully saturated rings. The normalized spacial score (nSPS) is 10.0. The van der Waals surface area contributed by atoms with E-state index in [-0.39, 0.29) is 12.3 Å². The molecule has 2 aromatic rings. The molecule has 4 nitrogen and oxygen atoms in total. The first kappa shape index (κ1) is 15.2. The molecule has 0 aliphatic heterocycles. The van der Waals surface area contributed by atoms with E-state index in [1.165, 1.54) is 0 Å². The molecule has 0 atom stereocenters. The van der Waals surface area contributed by atoms with E-state index in [2.05, 4.69) is 5.32 Å². The Morgan fingerprint density at radius 3 is 2.48 bits per heavy atom.